The van der Waals surface area contributed by atoms with E-state index in [-0.39, 0.29) is 11.6 Å². The van der Waals surface area contributed by atoms with Gasteiger partial charge in [-0.2, -0.15) is 0 Å². The van der Waals surface area contributed by atoms with E-state index in [1.165, 1.54) is 0 Å². The minimum Gasteiger partial charge on any atom is -0.456 e. The summed E-state index contributed by atoms with van der Waals surface area (Å²) < 4.78 is 13.1. The third-order valence-corrected chi connectivity index (χ3v) is 9.29. The van der Waals surface area contributed by atoms with Gasteiger partial charge < -0.3 is 4.74 Å². The average Bonchev–Trinajstić information content (AvgIpc) is 3.28. The first kappa shape index (κ1) is 34.6. The van der Waals surface area contributed by atoms with Crippen molar-refractivity contribution in [3.05, 3.63) is 251 Å². The van der Waals surface area contributed by atoms with Crippen molar-refractivity contribution in [1.82, 2.24) is 0 Å². The average molecular weight is 712 g/mol. The Labute approximate surface area is 320 Å². The normalized spacial score (nSPS) is 12.6. The molecule has 1 aromatic heterocycles. The molecule has 0 saturated carbocycles. The summed E-state index contributed by atoms with van der Waals surface area (Å²) in [5.74, 6) is 1.84. The van der Waals surface area contributed by atoms with E-state index in [1.807, 2.05) is 182 Å². The monoisotopic (exact) mass is 711 g/mol. The second kappa shape index (κ2) is 16.1. The number of benzene rings is 6. The number of rotatable bonds is 10. The van der Waals surface area contributed by atoms with Gasteiger partial charge in [-0.1, -0.05) is 158 Å². The molecule has 2 heterocycles. The Hall–Kier alpha value is -7.43. The van der Waals surface area contributed by atoms with Crippen molar-refractivity contribution in [2.24, 2.45) is 0 Å². The van der Waals surface area contributed by atoms with E-state index in [0.29, 0.717) is 56.4 Å². The molecule has 0 radical (unpaired) electrons. The van der Waals surface area contributed by atoms with Crippen LogP contribution < -0.4 is 0 Å². The highest BCUT2D eigenvalue weighted by atomic mass is 16.5. The van der Waals surface area contributed by atoms with Crippen LogP contribution in [-0.4, -0.2) is 11.6 Å². The minimum absolute atomic E-state index is 0.240. The first-order chi connectivity index (χ1) is 27.1. The van der Waals surface area contributed by atoms with Gasteiger partial charge in [-0.05, 0) is 48.1 Å². The van der Waals surface area contributed by atoms with Crippen LogP contribution in [0.4, 0.5) is 0 Å². The maximum Gasteiger partial charge on any atom is 0.361 e. The van der Waals surface area contributed by atoms with Gasteiger partial charge in [0, 0.05) is 39.0 Å². The number of hydrogen-bond acceptors (Lipinski definition) is 3. The number of carbonyl (C=O) groups excluding carboxylic acids is 2. The zero-order valence-electron chi connectivity index (χ0n) is 29.8. The Morgan fingerprint density at radius 2 is 0.782 bits per heavy atom. The molecule has 1 aliphatic rings. The number of hydrogen-bond donors (Lipinski definition) is 0. The quantitative estimate of drug-likeness (QED) is 0.0805. The van der Waals surface area contributed by atoms with Crippen LogP contribution in [0, 0.1) is 0 Å². The van der Waals surface area contributed by atoms with E-state index in [0.717, 1.165) is 22.3 Å². The Kier molecular flexibility index (Phi) is 10.1. The Morgan fingerprint density at radius 3 is 1.20 bits per heavy atom. The number of allylic oxidation sites excluding steroid dienone is 6. The van der Waals surface area contributed by atoms with E-state index in [9.17, 15) is 9.59 Å². The van der Waals surface area contributed by atoms with Gasteiger partial charge >= 0.3 is 11.5 Å². The van der Waals surface area contributed by atoms with Crippen molar-refractivity contribution in [1.29, 1.82) is 0 Å². The van der Waals surface area contributed by atoms with Crippen LogP contribution in [0.3, 0.4) is 0 Å². The molecule has 4 nitrogen and oxygen atoms in total. The second-order valence-electron chi connectivity index (χ2n) is 13.0. The molecule has 0 saturated heterocycles. The zero-order chi connectivity index (χ0) is 37.4. The fraction of sp³-hybridized carbons (Fsp3) is 0. The Bertz CT molecular complexity index is 2470. The molecule has 4 heteroatoms. The van der Waals surface area contributed by atoms with Gasteiger partial charge in [0.1, 0.15) is 11.5 Å². The van der Waals surface area contributed by atoms with Crippen LogP contribution in [-0.2, 0) is 4.74 Å². The number of ketones is 2. The van der Waals surface area contributed by atoms with Gasteiger partial charge in [0.25, 0.3) is 0 Å². The molecule has 0 fully saturated rings. The predicted octanol–water partition coefficient (Wildman–Crippen LogP) is 12.5. The second-order valence-corrected chi connectivity index (χ2v) is 13.0. The molecule has 6 aromatic carbocycles. The van der Waals surface area contributed by atoms with E-state index in [4.69, 9.17) is 9.15 Å². The smallest absolute Gasteiger partial charge is 0.361 e. The summed E-state index contributed by atoms with van der Waals surface area (Å²) in [4.78, 5) is 29.8. The minimum atomic E-state index is -0.240. The fourth-order valence-electron chi connectivity index (χ4n) is 6.49. The van der Waals surface area contributed by atoms with E-state index >= 15 is 0 Å². The summed E-state index contributed by atoms with van der Waals surface area (Å²) in [6.07, 6.45) is 5.50. The van der Waals surface area contributed by atoms with E-state index in [2.05, 4.69) is 0 Å². The molecule has 0 spiro atoms. The van der Waals surface area contributed by atoms with Crippen molar-refractivity contribution in [3.8, 4) is 22.6 Å². The molecule has 8 rings (SSSR count). The summed E-state index contributed by atoms with van der Waals surface area (Å²) in [5.41, 5.74) is 6.24. The summed E-state index contributed by atoms with van der Waals surface area (Å²) in [5, 5.41) is 0. The molecular formula is C51H35O4+. The molecule has 0 aliphatic carbocycles. The summed E-state index contributed by atoms with van der Waals surface area (Å²) >= 11 is 0. The van der Waals surface area contributed by atoms with Crippen LogP contribution in [0.25, 0.3) is 39.7 Å². The highest BCUT2D eigenvalue weighted by Gasteiger charge is 2.27. The zero-order valence-corrected chi connectivity index (χ0v) is 29.8. The summed E-state index contributed by atoms with van der Waals surface area (Å²) in [6, 6.07) is 61.2. The molecule has 262 valence electrons. The van der Waals surface area contributed by atoms with Crippen molar-refractivity contribution < 1.29 is 18.7 Å². The van der Waals surface area contributed by atoms with Crippen LogP contribution >= 0.6 is 0 Å². The molecule has 0 bridgehead atoms. The molecule has 1 aliphatic heterocycles. The number of carbonyl (C=O) groups is 2. The lowest BCUT2D eigenvalue weighted by Crippen LogP contribution is -2.10. The van der Waals surface area contributed by atoms with Crippen LogP contribution in [0.2, 0.25) is 0 Å². The molecule has 7 aromatic rings. The van der Waals surface area contributed by atoms with E-state index < -0.39 is 0 Å². The fourth-order valence-corrected chi connectivity index (χ4v) is 6.49. The maximum absolute atomic E-state index is 14.9. The lowest BCUT2D eigenvalue weighted by molar-refractivity contribution is 0.103. The Morgan fingerprint density at radius 1 is 0.418 bits per heavy atom. The topological polar surface area (TPSA) is 54.7 Å². The van der Waals surface area contributed by atoms with Crippen molar-refractivity contribution in [2.75, 3.05) is 0 Å². The van der Waals surface area contributed by atoms with Crippen molar-refractivity contribution in [2.45, 2.75) is 0 Å². The highest BCUT2D eigenvalue weighted by Crippen LogP contribution is 2.37. The maximum atomic E-state index is 14.9. The van der Waals surface area contributed by atoms with Crippen LogP contribution in [0.15, 0.2) is 228 Å². The predicted molar refractivity (Wildman–Crippen MR) is 220 cm³/mol. The number of ether oxygens (including phenoxy) is 1. The van der Waals surface area contributed by atoms with Crippen molar-refractivity contribution in [3.63, 3.8) is 0 Å². The van der Waals surface area contributed by atoms with Crippen LogP contribution in [0.1, 0.15) is 37.4 Å². The van der Waals surface area contributed by atoms with Gasteiger partial charge in [-0.3, -0.25) is 9.59 Å². The molecule has 0 unspecified atom stereocenters. The molecule has 0 N–H and O–H groups in total. The molecule has 0 amide bonds. The van der Waals surface area contributed by atoms with Gasteiger partial charge in [0.2, 0.25) is 0 Å². The lowest BCUT2D eigenvalue weighted by Gasteiger charge is -2.20. The molecular weight excluding hydrogens is 677 g/mol. The number of Topliss-reactive ketones (excluding diaryl/α,β-unsaturated/α-hetero) is 2. The van der Waals surface area contributed by atoms with Crippen molar-refractivity contribution >= 4 is 28.7 Å². The van der Waals surface area contributed by atoms with Gasteiger partial charge in [-0.15, -0.1) is 0 Å². The third-order valence-electron chi connectivity index (χ3n) is 9.29. The Balaban J connectivity index is 1.44. The van der Waals surface area contributed by atoms with Gasteiger partial charge in [0.15, 0.2) is 11.6 Å². The largest absolute Gasteiger partial charge is 0.456 e. The molecule has 0 atom stereocenters. The molecule has 55 heavy (non-hydrogen) atoms. The van der Waals surface area contributed by atoms with Crippen LogP contribution in [0.5, 0.6) is 0 Å². The standard InChI is InChI=1S/C51H35O4/c52-50(40-27-15-5-16-28-40)44(42-31-46(36-19-7-1-8-20-36)54-47(32-42)37-21-9-2-10-22-37)35-45(51(53)41-29-17-6-18-30-41)43-33-48(38-23-11-3-12-24-38)55-49(34-43)39-25-13-4-14-26-39/h1-35H/q+1. The first-order valence-corrected chi connectivity index (χ1v) is 18.1. The lowest BCUT2D eigenvalue weighted by atomic mass is 9.89. The summed E-state index contributed by atoms with van der Waals surface area (Å²) in [6.45, 7) is 0. The van der Waals surface area contributed by atoms with E-state index in [1.54, 1.807) is 30.3 Å². The van der Waals surface area contributed by atoms with Gasteiger partial charge in [-0.25, -0.2) is 4.42 Å². The summed E-state index contributed by atoms with van der Waals surface area (Å²) in [7, 11) is 0. The third kappa shape index (κ3) is 7.85. The first-order valence-electron chi connectivity index (χ1n) is 18.1. The SMILES string of the molecule is O=C(C(/C=C(\C(=O)c1ccccc1)c1cc(-c2ccccc2)[o+]c(-c2ccccc2)c1)=C1C=C(c2ccccc2)OC(c2ccccc2)=C1)c1ccccc1. The highest BCUT2D eigenvalue weighted by molar-refractivity contribution is 6.31. The van der Waals surface area contributed by atoms with Gasteiger partial charge in [0.05, 0.1) is 23.3 Å².